The second-order valence-electron chi connectivity index (χ2n) is 3.36. The zero-order valence-corrected chi connectivity index (χ0v) is 9.98. The number of methoxy groups -OCH3 is 2. The highest BCUT2D eigenvalue weighted by Crippen LogP contribution is 2.27. The third kappa shape index (κ3) is 2.95. The number of carbonyl (C=O) groups excluding carboxylic acids is 1. The summed E-state index contributed by atoms with van der Waals surface area (Å²) >= 11 is 0. The minimum atomic E-state index is -0.591. The van der Waals surface area contributed by atoms with Gasteiger partial charge in [-0.25, -0.2) is 0 Å². The number of ether oxygens (including phenoxy) is 2. The van der Waals surface area contributed by atoms with Crippen LogP contribution in [-0.4, -0.2) is 26.2 Å². The molecule has 1 rings (SSSR count). The number of para-hydroxylation sites is 1. The molecule has 0 saturated carbocycles. The Bertz CT molecular complexity index is 452. The monoisotopic (exact) mass is 234 g/mol. The molecule has 0 radical (unpaired) electrons. The van der Waals surface area contributed by atoms with E-state index in [-0.39, 0.29) is 5.91 Å². The van der Waals surface area contributed by atoms with Crippen LogP contribution in [0.15, 0.2) is 18.2 Å². The maximum atomic E-state index is 11.7. The average Bonchev–Trinajstić information content (AvgIpc) is 2.37. The van der Waals surface area contributed by atoms with E-state index < -0.39 is 6.10 Å². The molecule has 1 unspecified atom stereocenters. The van der Waals surface area contributed by atoms with Gasteiger partial charge in [0.1, 0.15) is 23.6 Å². The van der Waals surface area contributed by atoms with Crippen molar-refractivity contribution in [2.75, 3.05) is 19.5 Å². The van der Waals surface area contributed by atoms with Gasteiger partial charge in [-0.1, -0.05) is 6.07 Å². The van der Waals surface area contributed by atoms with E-state index in [0.29, 0.717) is 17.0 Å². The summed E-state index contributed by atoms with van der Waals surface area (Å²) in [5.74, 6) is 0.120. The first-order valence-electron chi connectivity index (χ1n) is 5.04. The van der Waals surface area contributed by atoms with Crippen LogP contribution in [0.2, 0.25) is 0 Å². The minimum absolute atomic E-state index is 0.325. The van der Waals surface area contributed by atoms with Crippen LogP contribution >= 0.6 is 0 Å². The molecule has 0 fully saturated rings. The van der Waals surface area contributed by atoms with Crippen molar-refractivity contribution in [2.24, 2.45) is 0 Å². The van der Waals surface area contributed by atoms with E-state index in [1.54, 1.807) is 25.1 Å². The molecular weight excluding hydrogens is 220 g/mol. The first kappa shape index (κ1) is 13.0. The Labute approximate surface area is 100.0 Å². The van der Waals surface area contributed by atoms with Gasteiger partial charge in [-0.15, -0.1) is 0 Å². The lowest BCUT2D eigenvalue weighted by molar-refractivity contribution is -0.124. The fourth-order valence-corrected chi connectivity index (χ4v) is 1.26. The van der Waals surface area contributed by atoms with Gasteiger partial charge in [0.2, 0.25) is 0 Å². The summed E-state index contributed by atoms with van der Waals surface area (Å²) in [5.41, 5.74) is 0.715. The third-order valence-corrected chi connectivity index (χ3v) is 2.34. The topological polar surface area (TPSA) is 71.3 Å². The molecule has 17 heavy (non-hydrogen) atoms. The molecule has 1 atom stereocenters. The summed E-state index contributed by atoms with van der Waals surface area (Å²) in [6, 6.07) is 6.97. The molecule has 0 heterocycles. The molecule has 0 aliphatic rings. The normalized spacial score (nSPS) is 11.4. The van der Waals surface area contributed by atoms with Gasteiger partial charge in [-0.05, 0) is 19.1 Å². The average molecular weight is 234 g/mol. The van der Waals surface area contributed by atoms with Crippen molar-refractivity contribution in [3.63, 3.8) is 0 Å². The summed E-state index contributed by atoms with van der Waals surface area (Å²) in [6.45, 7) is 1.62. The smallest absolute Gasteiger partial charge is 0.253 e. The zero-order valence-electron chi connectivity index (χ0n) is 9.98. The Kier molecular flexibility index (Phi) is 4.49. The van der Waals surface area contributed by atoms with Gasteiger partial charge in [0.15, 0.2) is 0 Å². The molecule has 1 aromatic carbocycles. The van der Waals surface area contributed by atoms with Crippen molar-refractivity contribution in [3.05, 3.63) is 23.8 Å². The molecule has 0 saturated heterocycles. The van der Waals surface area contributed by atoms with Crippen LogP contribution in [0.4, 0.5) is 5.69 Å². The Balaban J connectivity index is 3.04. The SMILES string of the molecule is COc1cccc(C#N)c1NC(=O)C(C)OC. The van der Waals surface area contributed by atoms with Crippen molar-refractivity contribution in [3.8, 4) is 11.8 Å². The number of amides is 1. The molecule has 1 aromatic rings. The number of nitriles is 1. The number of nitrogens with zero attached hydrogens (tertiary/aromatic N) is 1. The lowest BCUT2D eigenvalue weighted by Gasteiger charge is -2.14. The van der Waals surface area contributed by atoms with E-state index in [1.165, 1.54) is 14.2 Å². The van der Waals surface area contributed by atoms with Crippen LogP contribution in [-0.2, 0) is 9.53 Å². The van der Waals surface area contributed by atoms with E-state index in [4.69, 9.17) is 14.7 Å². The van der Waals surface area contributed by atoms with E-state index in [1.807, 2.05) is 6.07 Å². The van der Waals surface area contributed by atoms with Crippen LogP contribution in [0.5, 0.6) is 5.75 Å². The van der Waals surface area contributed by atoms with Crippen LogP contribution < -0.4 is 10.1 Å². The first-order valence-corrected chi connectivity index (χ1v) is 5.04. The maximum Gasteiger partial charge on any atom is 0.253 e. The fourth-order valence-electron chi connectivity index (χ4n) is 1.26. The molecule has 90 valence electrons. The molecule has 1 amide bonds. The third-order valence-electron chi connectivity index (χ3n) is 2.34. The molecule has 0 spiro atoms. The van der Waals surface area contributed by atoms with E-state index in [9.17, 15) is 4.79 Å². The minimum Gasteiger partial charge on any atom is -0.495 e. The number of rotatable bonds is 4. The highest BCUT2D eigenvalue weighted by atomic mass is 16.5. The van der Waals surface area contributed by atoms with Crippen LogP contribution in [0, 0.1) is 11.3 Å². The van der Waals surface area contributed by atoms with Crippen molar-refractivity contribution in [1.82, 2.24) is 0 Å². The van der Waals surface area contributed by atoms with Crippen molar-refractivity contribution >= 4 is 11.6 Å². The van der Waals surface area contributed by atoms with Crippen LogP contribution in [0.25, 0.3) is 0 Å². The number of anilines is 1. The fraction of sp³-hybridized carbons (Fsp3) is 0.333. The molecule has 0 aromatic heterocycles. The molecule has 0 aliphatic carbocycles. The Morgan fingerprint density at radius 3 is 2.71 bits per heavy atom. The van der Waals surface area contributed by atoms with Gasteiger partial charge >= 0.3 is 0 Å². The maximum absolute atomic E-state index is 11.7. The second kappa shape index (κ2) is 5.87. The zero-order chi connectivity index (χ0) is 12.8. The van der Waals surface area contributed by atoms with Gasteiger partial charge in [0.05, 0.1) is 12.7 Å². The first-order chi connectivity index (χ1) is 8.13. The summed E-state index contributed by atoms with van der Waals surface area (Å²) in [6.07, 6.45) is -0.591. The second-order valence-corrected chi connectivity index (χ2v) is 3.36. The Hall–Kier alpha value is -2.06. The van der Waals surface area contributed by atoms with Crippen LogP contribution in [0.3, 0.4) is 0 Å². The quantitative estimate of drug-likeness (QED) is 0.857. The largest absolute Gasteiger partial charge is 0.495 e. The van der Waals surface area contributed by atoms with Crippen molar-refractivity contribution in [2.45, 2.75) is 13.0 Å². The number of carbonyl (C=O) groups is 1. The highest BCUT2D eigenvalue weighted by molar-refractivity contribution is 5.96. The number of hydrogen-bond acceptors (Lipinski definition) is 4. The molecular formula is C12H14N2O3. The lowest BCUT2D eigenvalue weighted by Crippen LogP contribution is -2.27. The van der Waals surface area contributed by atoms with E-state index in [0.717, 1.165) is 0 Å². The molecule has 5 heteroatoms. The summed E-state index contributed by atoms with van der Waals surface area (Å²) in [7, 11) is 2.92. The Morgan fingerprint density at radius 1 is 1.47 bits per heavy atom. The van der Waals surface area contributed by atoms with Crippen molar-refractivity contribution < 1.29 is 14.3 Å². The summed E-state index contributed by atoms with van der Waals surface area (Å²) < 4.78 is 9.99. The van der Waals surface area contributed by atoms with Crippen LogP contribution in [0.1, 0.15) is 12.5 Å². The molecule has 0 aliphatic heterocycles. The van der Waals surface area contributed by atoms with E-state index in [2.05, 4.69) is 5.32 Å². The van der Waals surface area contributed by atoms with Gasteiger partial charge in [0, 0.05) is 7.11 Å². The van der Waals surface area contributed by atoms with Crippen molar-refractivity contribution in [1.29, 1.82) is 5.26 Å². The van der Waals surface area contributed by atoms with Gasteiger partial charge in [0.25, 0.3) is 5.91 Å². The number of benzene rings is 1. The summed E-state index contributed by atoms with van der Waals surface area (Å²) in [4.78, 5) is 11.7. The molecule has 1 N–H and O–H groups in total. The predicted molar refractivity (Wildman–Crippen MR) is 62.8 cm³/mol. The highest BCUT2D eigenvalue weighted by Gasteiger charge is 2.16. The Morgan fingerprint density at radius 2 is 2.18 bits per heavy atom. The summed E-state index contributed by atoms with van der Waals surface area (Å²) in [5, 5.41) is 11.6. The standard InChI is InChI=1S/C12H14N2O3/c1-8(16-2)12(15)14-11-9(7-13)5-4-6-10(11)17-3/h4-6,8H,1-3H3,(H,14,15). The molecule has 5 nitrogen and oxygen atoms in total. The van der Waals surface area contributed by atoms with Gasteiger partial charge in [-0.3, -0.25) is 4.79 Å². The lowest BCUT2D eigenvalue weighted by atomic mass is 10.1. The predicted octanol–water partition coefficient (Wildman–Crippen LogP) is 1.54. The van der Waals surface area contributed by atoms with Gasteiger partial charge < -0.3 is 14.8 Å². The number of nitrogens with one attached hydrogen (secondary N) is 1. The number of hydrogen-bond donors (Lipinski definition) is 1. The molecule has 0 bridgehead atoms. The van der Waals surface area contributed by atoms with Gasteiger partial charge in [-0.2, -0.15) is 5.26 Å². The van der Waals surface area contributed by atoms with E-state index >= 15 is 0 Å².